The first-order valence-electron chi connectivity index (χ1n) is 9.38. The number of hydrogen-bond donors (Lipinski definition) is 0. The van der Waals surface area contributed by atoms with Crippen molar-refractivity contribution in [1.29, 1.82) is 0 Å². The third-order valence-corrected chi connectivity index (χ3v) is 5.05. The maximum absolute atomic E-state index is 12.5. The molecule has 0 atom stereocenters. The summed E-state index contributed by atoms with van der Waals surface area (Å²) in [6.45, 7) is 8.11. The molecular weight excluding hydrogens is 362 g/mol. The fraction of sp³-hybridized carbons (Fsp3) is 0.455. The topological polar surface area (TPSA) is 48.3 Å². The van der Waals surface area contributed by atoms with Gasteiger partial charge in [-0.3, -0.25) is 4.79 Å². The van der Waals surface area contributed by atoms with Gasteiger partial charge >= 0.3 is 5.97 Å². The predicted octanol–water partition coefficient (Wildman–Crippen LogP) is 4.89. The van der Waals surface area contributed by atoms with Gasteiger partial charge in [-0.05, 0) is 82.2 Å². The lowest BCUT2D eigenvalue weighted by molar-refractivity contribution is 0.00695. The summed E-state index contributed by atoms with van der Waals surface area (Å²) in [5.41, 5.74) is 3.14. The summed E-state index contributed by atoms with van der Waals surface area (Å²) in [5, 5.41) is 0.294. The molecule has 1 heterocycles. The van der Waals surface area contributed by atoms with Gasteiger partial charge in [0.2, 0.25) is 0 Å². The van der Waals surface area contributed by atoms with E-state index in [0.717, 1.165) is 11.3 Å². The van der Waals surface area contributed by atoms with Crippen molar-refractivity contribution < 1.29 is 9.53 Å². The zero-order valence-electron chi connectivity index (χ0n) is 16.3. The van der Waals surface area contributed by atoms with E-state index in [9.17, 15) is 9.59 Å². The highest BCUT2D eigenvalue weighted by atomic mass is 35.5. The minimum atomic E-state index is -0.514. The van der Waals surface area contributed by atoms with Gasteiger partial charge in [0, 0.05) is 12.2 Å². The average Bonchev–Trinajstić information content (AvgIpc) is 3.42. The summed E-state index contributed by atoms with van der Waals surface area (Å²) in [6, 6.07) is 9.19. The molecule has 0 spiro atoms. The lowest BCUT2D eigenvalue weighted by atomic mass is 10.1. The number of nitrogens with zero attached hydrogens (tertiary/aromatic N) is 1. The van der Waals surface area contributed by atoms with Crippen LogP contribution in [0.2, 0.25) is 5.02 Å². The summed E-state index contributed by atoms with van der Waals surface area (Å²) < 4.78 is 7.16. The van der Waals surface area contributed by atoms with E-state index in [0.29, 0.717) is 29.5 Å². The molecule has 0 amide bonds. The summed E-state index contributed by atoms with van der Waals surface area (Å²) in [4.78, 5) is 24.6. The predicted molar refractivity (Wildman–Crippen MR) is 108 cm³/mol. The van der Waals surface area contributed by atoms with Crippen LogP contribution in [0.4, 0.5) is 0 Å². The Morgan fingerprint density at radius 1 is 1.22 bits per heavy atom. The highest BCUT2D eigenvalue weighted by Gasteiger charge is 2.27. The molecule has 1 aliphatic carbocycles. The van der Waals surface area contributed by atoms with Crippen molar-refractivity contribution in [3.8, 4) is 0 Å². The SMILES string of the molecule is Cc1c(C2CC2)cc(Cl)c(=O)n1CCc1ccc(C(=O)OC(C)(C)C)cc1. The van der Waals surface area contributed by atoms with Crippen LogP contribution in [0.1, 0.15) is 66.7 Å². The van der Waals surface area contributed by atoms with Gasteiger partial charge in [-0.2, -0.15) is 0 Å². The second kappa shape index (κ2) is 7.51. The van der Waals surface area contributed by atoms with Crippen molar-refractivity contribution in [1.82, 2.24) is 4.57 Å². The first-order valence-corrected chi connectivity index (χ1v) is 9.75. The molecule has 1 aliphatic rings. The molecule has 4 nitrogen and oxygen atoms in total. The number of aromatic nitrogens is 1. The summed E-state index contributed by atoms with van der Waals surface area (Å²) in [7, 11) is 0. The summed E-state index contributed by atoms with van der Waals surface area (Å²) in [5.74, 6) is 0.215. The van der Waals surface area contributed by atoms with E-state index >= 15 is 0 Å². The lowest BCUT2D eigenvalue weighted by Gasteiger charge is -2.19. The number of rotatable bonds is 5. The van der Waals surface area contributed by atoms with E-state index in [4.69, 9.17) is 16.3 Å². The Morgan fingerprint density at radius 2 is 1.85 bits per heavy atom. The van der Waals surface area contributed by atoms with Crippen LogP contribution in [0, 0.1) is 6.92 Å². The lowest BCUT2D eigenvalue weighted by Crippen LogP contribution is -2.25. The number of carbonyl (C=O) groups is 1. The smallest absolute Gasteiger partial charge is 0.338 e. The Labute approximate surface area is 165 Å². The third-order valence-electron chi connectivity index (χ3n) is 4.78. The highest BCUT2D eigenvalue weighted by molar-refractivity contribution is 6.30. The normalized spacial score (nSPS) is 14.3. The van der Waals surface area contributed by atoms with Gasteiger partial charge in [0.25, 0.3) is 5.56 Å². The monoisotopic (exact) mass is 387 g/mol. The number of halogens is 1. The van der Waals surface area contributed by atoms with Crippen molar-refractivity contribution in [2.24, 2.45) is 0 Å². The Balaban J connectivity index is 1.72. The van der Waals surface area contributed by atoms with E-state index in [2.05, 4.69) is 0 Å². The van der Waals surface area contributed by atoms with Crippen LogP contribution in [0.5, 0.6) is 0 Å². The molecule has 1 aromatic carbocycles. The minimum absolute atomic E-state index is 0.135. The number of ether oxygens (including phenoxy) is 1. The zero-order chi connectivity index (χ0) is 19.8. The van der Waals surface area contributed by atoms with Gasteiger partial charge < -0.3 is 9.30 Å². The number of pyridine rings is 1. The maximum atomic E-state index is 12.5. The Kier molecular flexibility index (Phi) is 5.48. The van der Waals surface area contributed by atoms with Gasteiger partial charge in [-0.1, -0.05) is 23.7 Å². The van der Waals surface area contributed by atoms with Gasteiger partial charge in [0.15, 0.2) is 0 Å². The molecule has 0 unspecified atom stereocenters. The fourth-order valence-electron chi connectivity index (χ4n) is 3.20. The Morgan fingerprint density at radius 3 is 2.41 bits per heavy atom. The molecular formula is C22H26ClNO3. The number of hydrogen-bond acceptors (Lipinski definition) is 3. The molecule has 1 saturated carbocycles. The molecule has 144 valence electrons. The van der Waals surface area contributed by atoms with Crippen molar-refractivity contribution in [3.05, 3.63) is 68.1 Å². The molecule has 5 heteroatoms. The average molecular weight is 388 g/mol. The summed E-state index contributed by atoms with van der Waals surface area (Å²) in [6.07, 6.45) is 3.03. The fourth-order valence-corrected chi connectivity index (χ4v) is 3.42. The quantitative estimate of drug-likeness (QED) is 0.686. The molecule has 2 aromatic rings. The Hall–Kier alpha value is -2.07. The van der Waals surface area contributed by atoms with Gasteiger partial charge in [-0.15, -0.1) is 0 Å². The third kappa shape index (κ3) is 4.81. The molecule has 0 aliphatic heterocycles. The van der Waals surface area contributed by atoms with Crippen LogP contribution in [-0.4, -0.2) is 16.1 Å². The highest BCUT2D eigenvalue weighted by Crippen LogP contribution is 2.41. The second-order valence-electron chi connectivity index (χ2n) is 8.21. The summed E-state index contributed by atoms with van der Waals surface area (Å²) >= 11 is 6.17. The molecule has 0 radical (unpaired) electrons. The standard InChI is InChI=1S/C22H26ClNO3/c1-14-18(16-9-10-16)13-19(23)20(25)24(14)12-11-15-5-7-17(8-6-15)21(26)27-22(2,3)4/h5-8,13,16H,9-12H2,1-4H3. The maximum Gasteiger partial charge on any atom is 0.338 e. The minimum Gasteiger partial charge on any atom is -0.456 e. The van der Waals surface area contributed by atoms with E-state index in [1.54, 1.807) is 16.7 Å². The molecule has 1 fully saturated rings. The second-order valence-corrected chi connectivity index (χ2v) is 8.62. The van der Waals surface area contributed by atoms with Gasteiger partial charge in [0.05, 0.1) is 5.56 Å². The van der Waals surface area contributed by atoms with Crippen LogP contribution >= 0.6 is 11.6 Å². The number of esters is 1. The van der Waals surface area contributed by atoms with Crippen LogP contribution in [0.15, 0.2) is 35.1 Å². The number of benzene rings is 1. The van der Waals surface area contributed by atoms with Gasteiger partial charge in [-0.25, -0.2) is 4.79 Å². The van der Waals surface area contributed by atoms with Gasteiger partial charge in [0.1, 0.15) is 10.6 Å². The molecule has 27 heavy (non-hydrogen) atoms. The number of carbonyl (C=O) groups excluding carboxylic acids is 1. The van der Waals surface area contributed by atoms with Crippen LogP contribution in [0.25, 0.3) is 0 Å². The van der Waals surface area contributed by atoms with Crippen molar-refractivity contribution in [2.45, 2.75) is 65.0 Å². The first-order chi connectivity index (χ1) is 12.7. The van der Waals surface area contributed by atoms with E-state index in [-0.39, 0.29) is 11.5 Å². The van der Waals surface area contributed by atoms with E-state index in [1.165, 1.54) is 18.4 Å². The van der Waals surface area contributed by atoms with Crippen molar-refractivity contribution in [3.63, 3.8) is 0 Å². The molecule has 3 rings (SSSR count). The molecule has 0 N–H and O–H groups in total. The van der Waals surface area contributed by atoms with Crippen LogP contribution in [0.3, 0.4) is 0 Å². The van der Waals surface area contributed by atoms with E-state index in [1.807, 2.05) is 45.9 Å². The zero-order valence-corrected chi connectivity index (χ0v) is 17.1. The van der Waals surface area contributed by atoms with Crippen LogP contribution in [-0.2, 0) is 17.7 Å². The largest absolute Gasteiger partial charge is 0.456 e. The van der Waals surface area contributed by atoms with E-state index < -0.39 is 5.60 Å². The van der Waals surface area contributed by atoms with Crippen molar-refractivity contribution in [2.75, 3.05) is 0 Å². The van der Waals surface area contributed by atoms with Crippen LogP contribution < -0.4 is 5.56 Å². The molecule has 0 bridgehead atoms. The molecule has 0 saturated heterocycles. The first kappa shape index (κ1) is 19.7. The Bertz CT molecular complexity index is 903. The van der Waals surface area contributed by atoms with Crippen molar-refractivity contribution >= 4 is 17.6 Å². The number of aryl methyl sites for hydroxylation is 1. The molecule has 1 aromatic heterocycles.